The highest BCUT2D eigenvalue weighted by Gasteiger charge is 2.48. The molecule has 2 heterocycles. The summed E-state index contributed by atoms with van der Waals surface area (Å²) in [5.74, 6) is -0.620. The van der Waals surface area contributed by atoms with Gasteiger partial charge in [0.05, 0.1) is 12.5 Å². The highest BCUT2D eigenvalue weighted by Crippen LogP contribution is 2.52. The number of hydrogen-bond donors (Lipinski definition) is 3. The Labute approximate surface area is 163 Å². The van der Waals surface area contributed by atoms with Gasteiger partial charge in [0.25, 0.3) is 0 Å². The van der Waals surface area contributed by atoms with Crippen LogP contribution in [-0.4, -0.2) is 26.9 Å². The predicted molar refractivity (Wildman–Crippen MR) is 102 cm³/mol. The van der Waals surface area contributed by atoms with Crippen molar-refractivity contribution in [1.82, 2.24) is 0 Å². The quantitative estimate of drug-likeness (QED) is 0.733. The molecule has 0 fully saturated rings. The molecular formula is C22H24O6. The molecular weight excluding hydrogens is 360 g/mol. The highest BCUT2D eigenvalue weighted by molar-refractivity contribution is 5.79. The molecule has 6 heteroatoms. The summed E-state index contributed by atoms with van der Waals surface area (Å²) >= 11 is 0. The van der Waals surface area contributed by atoms with E-state index in [1.807, 2.05) is 6.92 Å². The van der Waals surface area contributed by atoms with Crippen LogP contribution in [0, 0.1) is 13.8 Å². The molecule has 2 aliphatic rings. The van der Waals surface area contributed by atoms with Gasteiger partial charge in [0, 0.05) is 30.0 Å². The number of Topliss-reactive ketones (excluding diaryl/α,β-unsaturated/α-hetero) is 1. The molecule has 0 saturated heterocycles. The lowest BCUT2D eigenvalue weighted by Crippen LogP contribution is -2.48. The van der Waals surface area contributed by atoms with Crippen LogP contribution in [0.1, 0.15) is 53.1 Å². The lowest BCUT2D eigenvalue weighted by atomic mass is 9.77. The molecule has 2 aromatic rings. The van der Waals surface area contributed by atoms with Gasteiger partial charge in [-0.15, -0.1) is 0 Å². The monoisotopic (exact) mass is 384 g/mol. The van der Waals surface area contributed by atoms with Gasteiger partial charge in [-0.2, -0.15) is 0 Å². The molecule has 2 aliphatic heterocycles. The Morgan fingerprint density at radius 2 is 1.82 bits per heavy atom. The van der Waals surface area contributed by atoms with E-state index in [1.54, 1.807) is 26.0 Å². The molecule has 0 spiro atoms. The first kappa shape index (κ1) is 18.6. The molecule has 2 aromatic carbocycles. The Morgan fingerprint density at radius 3 is 2.50 bits per heavy atom. The summed E-state index contributed by atoms with van der Waals surface area (Å²) in [6, 6.07) is 3.29. The third-order valence-electron chi connectivity index (χ3n) is 6.03. The van der Waals surface area contributed by atoms with Gasteiger partial charge in [-0.1, -0.05) is 0 Å². The van der Waals surface area contributed by atoms with Crippen LogP contribution in [0.25, 0.3) is 0 Å². The normalized spacial score (nSPS) is 22.6. The first-order valence-electron chi connectivity index (χ1n) is 9.33. The Morgan fingerprint density at radius 1 is 1.14 bits per heavy atom. The number of benzene rings is 2. The molecule has 0 amide bonds. The minimum atomic E-state index is -1.01. The summed E-state index contributed by atoms with van der Waals surface area (Å²) < 4.78 is 12.3. The molecule has 0 saturated carbocycles. The average molecular weight is 384 g/mol. The van der Waals surface area contributed by atoms with Crippen molar-refractivity contribution in [3.63, 3.8) is 0 Å². The van der Waals surface area contributed by atoms with Crippen LogP contribution < -0.4 is 4.74 Å². The maximum Gasteiger partial charge on any atom is 0.215 e. The minimum absolute atomic E-state index is 0.00926. The van der Waals surface area contributed by atoms with Crippen LogP contribution in [0.3, 0.4) is 0 Å². The predicted octanol–water partition coefficient (Wildman–Crippen LogP) is 3.52. The largest absolute Gasteiger partial charge is 0.508 e. The van der Waals surface area contributed by atoms with Gasteiger partial charge < -0.3 is 24.8 Å². The zero-order chi connectivity index (χ0) is 20.4. The first-order chi connectivity index (χ1) is 13.1. The second-order valence-electron chi connectivity index (χ2n) is 7.97. The SMILES string of the molecule is CC(=O)Cc1cc(O)c(C)c2c1C[C@@H]1c3cc(O)c(C)c(O)c3CO[C@]1(C)O2. The molecule has 4 rings (SSSR count). The number of phenolic OH excluding ortho intramolecular Hbond substituents is 3. The molecule has 6 nitrogen and oxygen atoms in total. The summed E-state index contributed by atoms with van der Waals surface area (Å²) in [7, 11) is 0. The number of aromatic hydroxyl groups is 3. The molecule has 148 valence electrons. The third kappa shape index (κ3) is 2.63. The summed E-state index contributed by atoms with van der Waals surface area (Å²) in [4.78, 5) is 11.8. The van der Waals surface area contributed by atoms with Gasteiger partial charge in [0.2, 0.25) is 5.79 Å². The topological polar surface area (TPSA) is 96.2 Å². The van der Waals surface area contributed by atoms with Crippen LogP contribution in [0.4, 0.5) is 0 Å². The van der Waals surface area contributed by atoms with Crippen molar-refractivity contribution in [2.75, 3.05) is 0 Å². The van der Waals surface area contributed by atoms with Gasteiger partial charge in [-0.3, -0.25) is 4.79 Å². The van der Waals surface area contributed by atoms with Crippen LogP contribution in [0.15, 0.2) is 12.1 Å². The molecule has 0 aromatic heterocycles. The Hall–Kier alpha value is -2.73. The Balaban J connectivity index is 1.90. The molecule has 0 unspecified atom stereocenters. The zero-order valence-corrected chi connectivity index (χ0v) is 16.4. The van der Waals surface area contributed by atoms with Crippen molar-refractivity contribution in [3.05, 3.63) is 45.5 Å². The van der Waals surface area contributed by atoms with Crippen LogP contribution in [-0.2, 0) is 29.0 Å². The smallest absolute Gasteiger partial charge is 0.215 e. The molecule has 0 bridgehead atoms. The first-order valence-corrected chi connectivity index (χ1v) is 9.33. The Kier molecular flexibility index (Phi) is 4.08. The summed E-state index contributed by atoms with van der Waals surface area (Å²) in [6.07, 6.45) is 0.700. The summed E-state index contributed by atoms with van der Waals surface area (Å²) in [5.41, 5.74) is 4.02. The van der Waals surface area contributed by atoms with Crippen molar-refractivity contribution < 1.29 is 29.6 Å². The van der Waals surface area contributed by atoms with E-state index < -0.39 is 5.79 Å². The van der Waals surface area contributed by atoms with Gasteiger partial charge in [0.1, 0.15) is 28.8 Å². The lowest BCUT2D eigenvalue weighted by molar-refractivity contribution is -0.209. The number of ketones is 1. The second kappa shape index (κ2) is 6.14. The van der Waals surface area contributed by atoms with E-state index in [0.29, 0.717) is 28.9 Å². The van der Waals surface area contributed by atoms with Gasteiger partial charge in [0.15, 0.2) is 0 Å². The lowest BCUT2D eigenvalue weighted by Gasteiger charge is -2.46. The van der Waals surface area contributed by atoms with Crippen molar-refractivity contribution >= 4 is 5.78 Å². The van der Waals surface area contributed by atoms with E-state index in [0.717, 1.165) is 16.7 Å². The van der Waals surface area contributed by atoms with Gasteiger partial charge >= 0.3 is 0 Å². The standard InChI is InChI=1S/C22H24O6/c1-10(23)5-13-6-18(24)12(3)21-14(13)7-17-15-8-19(25)11(2)20(26)16(15)9-27-22(17,4)28-21/h6,8,17,24-26H,5,7,9H2,1-4H3/t17-,22-/m1/s1. The number of carbonyl (C=O) groups is 1. The van der Waals surface area contributed by atoms with E-state index in [4.69, 9.17) is 9.47 Å². The number of carbonyl (C=O) groups excluding carboxylic acids is 1. The fourth-order valence-electron chi connectivity index (χ4n) is 4.33. The van der Waals surface area contributed by atoms with Crippen LogP contribution in [0.5, 0.6) is 23.0 Å². The minimum Gasteiger partial charge on any atom is -0.508 e. The van der Waals surface area contributed by atoms with E-state index in [2.05, 4.69) is 0 Å². The fourth-order valence-corrected chi connectivity index (χ4v) is 4.33. The van der Waals surface area contributed by atoms with E-state index in [-0.39, 0.29) is 42.0 Å². The molecule has 0 aliphatic carbocycles. The number of rotatable bonds is 2. The molecule has 3 N–H and O–H groups in total. The second-order valence-corrected chi connectivity index (χ2v) is 7.97. The highest BCUT2D eigenvalue weighted by atomic mass is 16.7. The van der Waals surface area contributed by atoms with Crippen molar-refractivity contribution in [1.29, 1.82) is 0 Å². The van der Waals surface area contributed by atoms with E-state index in [9.17, 15) is 20.1 Å². The average Bonchev–Trinajstić information content (AvgIpc) is 2.62. The number of hydrogen-bond acceptors (Lipinski definition) is 6. The van der Waals surface area contributed by atoms with Gasteiger partial charge in [-0.05, 0) is 56.0 Å². The molecule has 2 atom stereocenters. The maximum atomic E-state index is 11.8. The van der Waals surface area contributed by atoms with E-state index in [1.165, 1.54) is 6.92 Å². The molecule has 0 radical (unpaired) electrons. The van der Waals surface area contributed by atoms with Crippen LogP contribution in [0.2, 0.25) is 0 Å². The maximum absolute atomic E-state index is 11.8. The van der Waals surface area contributed by atoms with Crippen molar-refractivity contribution in [3.8, 4) is 23.0 Å². The van der Waals surface area contributed by atoms with Crippen LogP contribution >= 0.6 is 0 Å². The van der Waals surface area contributed by atoms with Gasteiger partial charge in [-0.25, -0.2) is 0 Å². The van der Waals surface area contributed by atoms with Crippen molar-refractivity contribution in [2.45, 2.75) is 58.8 Å². The van der Waals surface area contributed by atoms with Crippen molar-refractivity contribution in [2.24, 2.45) is 0 Å². The number of ether oxygens (including phenoxy) is 2. The zero-order valence-electron chi connectivity index (χ0n) is 16.4. The fraction of sp³-hybridized carbons (Fsp3) is 0.409. The number of phenols is 3. The van der Waals surface area contributed by atoms with E-state index >= 15 is 0 Å². The number of fused-ring (bicyclic) bond motifs is 4. The third-order valence-corrected chi connectivity index (χ3v) is 6.03. The summed E-state index contributed by atoms with van der Waals surface area (Å²) in [5, 5.41) is 31.1. The summed E-state index contributed by atoms with van der Waals surface area (Å²) in [6.45, 7) is 6.92. The Bertz CT molecular complexity index is 1010. The molecule has 28 heavy (non-hydrogen) atoms.